The van der Waals surface area contributed by atoms with Crippen LogP contribution >= 0.6 is 0 Å². The maximum Gasteiger partial charge on any atom is 0.341 e. The van der Waals surface area contributed by atoms with Crippen molar-refractivity contribution in [3.8, 4) is 5.69 Å². The Morgan fingerprint density at radius 1 is 1.00 bits per heavy atom. The summed E-state index contributed by atoms with van der Waals surface area (Å²) in [4.78, 5) is 27.2. The first-order valence-corrected chi connectivity index (χ1v) is 12.3. The van der Waals surface area contributed by atoms with Crippen molar-refractivity contribution in [1.29, 1.82) is 0 Å². The lowest BCUT2D eigenvalue weighted by molar-refractivity contribution is -0.123. The molecular weight excluding hydrogens is 438 g/mol. The Bertz CT molecular complexity index is 1200. The van der Waals surface area contributed by atoms with Crippen molar-refractivity contribution in [1.82, 2.24) is 9.78 Å². The van der Waals surface area contributed by atoms with Gasteiger partial charge in [0.2, 0.25) is 5.91 Å². The average molecular weight is 472 g/mol. The molecule has 1 fully saturated rings. The standard InChI is InChI=1S/C29H33N3O3/c1-19(2)32(28(33)24-12-10-20(3)11-13-24)27-26(29(34)35)18-31(30-27)25-16-14-23(15-17-25)21(4)22-8-6-5-7-9-22/h5-9,14-20,24H,4,10-13H2,1-3H3,(H,34,35). The highest BCUT2D eigenvalue weighted by molar-refractivity contribution is 6.01. The molecule has 182 valence electrons. The quantitative estimate of drug-likeness (QED) is 0.445. The van der Waals surface area contributed by atoms with Gasteiger partial charge in [-0.05, 0) is 74.3 Å². The molecule has 3 aromatic rings. The zero-order valence-electron chi connectivity index (χ0n) is 20.6. The van der Waals surface area contributed by atoms with Gasteiger partial charge in [0.15, 0.2) is 5.82 Å². The van der Waals surface area contributed by atoms with Crippen LogP contribution in [0.25, 0.3) is 11.3 Å². The van der Waals surface area contributed by atoms with Crippen LogP contribution in [0.3, 0.4) is 0 Å². The van der Waals surface area contributed by atoms with Crippen LogP contribution in [0.1, 0.15) is 67.9 Å². The molecule has 1 amide bonds. The fraction of sp³-hybridized carbons (Fsp3) is 0.345. The maximum atomic E-state index is 13.5. The first kappa shape index (κ1) is 24.5. The van der Waals surface area contributed by atoms with Gasteiger partial charge in [-0.15, -0.1) is 5.10 Å². The van der Waals surface area contributed by atoms with Crippen molar-refractivity contribution in [2.45, 2.75) is 52.5 Å². The Balaban J connectivity index is 1.64. The first-order valence-electron chi connectivity index (χ1n) is 12.3. The summed E-state index contributed by atoms with van der Waals surface area (Å²) in [5, 5.41) is 14.5. The van der Waals surface area contributed by atoms with E-state index >= 15 is 0 Å². The van der Waals surface area contributed by atoms with Gasteiger partial charge in [-0.3, -0.25) is 9.69 Å². The van der Waals surface area contributed by atoms with E-state index in [1.165, 1.54) is 6.20 Å². The van der Waals surface area contributed by atoms with Gasteiger partial charge >= 0.3 is 5.97 Å². The zero-order chi connectivity index (χ0) is 25.1. The first-order chi connectivity index (χ1) is 16.8. The molecule has 4 rings (SSSR count). The third-order valence-corrected chi connectivity index (χ3v) is 6.87. The molecule has 1 aromatic heterocycles. The Hall–Kier alpha value is -3.67. The number of hydrogen-bond donors (Lipinski definition) is 1. The number of hydrogen-bond acceptors (Lipinski definition) is 3. The van der Waals surface area contributed by atoms with E-state index in [1.54, 1.807) is 9.58 Å². The molecule has 6 nitrogen and oxygen atoms in total. The van der Waals surface area contributed by atoms with Crippen LogP contribution in [0.2, 0.25) is 0 Å². The molecule has 1 heterocycles. The molecular formula is C29H33N3O3. The fourth-order valence-electron chi connectivity index (χ4n) is 4.75. The Morgan fingerprint density at radius 3 is 2.17 bits per heavy atom. The molecule has 6 heteroatoms. The number of aromatic nitrogens is 2. The molecule has 1 aliphatic carbocycles. The van der Waals surface area contributed by atoms with Crippen LogP contribution in [0, 0.1) is 11.8 Å². The second kappa shape index (κ2) is 10.3. The van der Waals surface area contributed by atoms with E-state index < -0.39 is 5.97 Å². The lowest BCUT2D eigenvalue weighted by atomic mass is 9.82. The van der Waals surface area contributed by atoms with Crippen molar-refractivity contribution in [2.24, 2.45) is 11.8 Å². The van der Waals surface area contributed by atoms with Crippen LogP contribution < -0.4 is 4.90 Å². The summed E-state index contributed by atoms with van der Waals surface area (Å²) < 4.78 is 1.54. The number of carboxylic acid groups (broad SMARTS) is 1. The normalized spacial score (nSPS) is 17.8. The van der Waals surface area contributed by atoms with Crippen LogP contribution in [0.15, 0.2) is 67.4 Å². The number of anilines is 1. The van der Waals surface area contributed by atoms with Gasteiger partial charge in [0, 0.05) is 18.2 Å². The molecule has 0 spiro atoms. The van der Waals surface area contributed by atoms with E-state index in [-0.39, 0.29) is 29.2 Å². The summed E-state index contributed by atoms with van der Waals surface area (Å²) in [7, 11) is 0. The topological polar surface area (TPSA) is 75.4 Å². The average Bonchev–Trinajstić information content (AvgIpc) is 3.29. The molecule has 2 aromatic carbocycles. The molecule has 0 atom stereocenters. The van der Waals surface area contributed by atoms with E-state index in [0.717, 1.165) is 42.4 Å². The van der Waals surface area contributed by atoms with Crippen LogP contribution in [0.5, 0.6) is 0 Å². The van der Waals surface area contributed by atoms with E-state index in [0.29, 0.717) is 11.6 Å². The van der Waals surface area contributed by atoms with Crippen LogP contribution in [-0.4, -0.2) is 32.8 Å². The number of aromatic carboxylic acids is 1. The minimum Gasteiger partial charge on any atom is -0.477 e. The minimum atomic E-state index is -1.10. The lowest BCUT2D eigenvalue weighted by Gasteiger charge is -2.32. The van der Waals surface area contributed by atoms with E-state index in [9.17, 15) is 14.7 Å². The highest BCUT2D eigenvalue weighted by Crippen LogP contribution is 2.33. The summed E-state index contributed by atoms with van der Waals surface area (Å²) in [6, 6.07) is 17.4. The molecule has 0 radical (unpaired) electrons. The minimum absolute atomic E-state index is 0.0222. The number of carboxylic acids is 1. The lowest BCUT2D eigenvalue weighted by Crippen LogP contribution is -2.43. The molecule has 1 saturated carbocycles. The molecule has 0 unspecified atom stereocenters. The molecule has 0 aliphatic heterocycles. The van der Waals surface area contributed by atoms with Gasteiger partial charge in [-0.1, -0.05) is 56.0 Å². The van der Waals surface area contributed by atoms with E-state index in [1.807, 2.05) is 68.4 Å². The van der Waals surface area contributed by atoms with Gasteiger partial charge in [0.05, 0.1) is 5.69 Å². The monoisotopic (exact) mass is 471 g/mol. The smallest absolute Gasteiger partial charge is 0.341 e. The summed E-state index contributed by atoms with van der Waals surface area (Å²) in [5.41, 5.74) is 3.65. The van der Waals surface area contributed by atoms with Crippen molar-refractivity contribution in [3.63, 3.8) is 0 Å². The highest BCUT2D eigenvalue weighted by atomic mass is 16.4. The van der Waals surface area contributed by atoms with E-state index in [2.05, 4.69) is 18.6 Å². The molecule has 35 heavy (non-hydrogen) atoms. The molecule has 0 saturated heterocycles. The summed E-state index contributed by atoms with van der Waals surface area (Å²) in [6.07, 6.45) is 5.19. The van der Waals surface area contributed by atoms with Gasteiger partial charge in [-0.25, -0.2) is 9.48 Å². The van der Waals surface area contributed by atoms with E-state index in [4.69, 9.17) is 0 Å². The summed E-state index contributed by atoms with van der Waals surface area (Å²) in [5.74, 6) is -0.399. The van der Waals surface area contributed by atoms with Gasteiger partial charge in [0.1, 0.15) is 5.56 Å². The highest BCUT2D eigenvalue weighted by Gasteiger charge is 2.34. The Labute approximate surface area is 206 Å². The predicted octanol–water partition coefficient (Wildman–Crippen LogP) is 6.20. The van der Waals surface area contributed by atoms with Crippen molar-refractivity contribution < 1.29 is 14.7 Å². The number of rotatable bonds is 7. The summed E-state index contributed by atoms with van der Waals surface area (Å²) in [6.45, 7) is 10.2. The largest absolute Gasteiger partial charge is 0.477 e. The van der Waals surface area contributed by atoms with Crippen LogP contribution in [-0.2, 0) is 4.79 Å². The van der Waals surface area contributed by atoms with Crippen LogP contribution in [0.4, 0.5) is 5.82 Å². The van der Waals surface area contributed by atoms with Gasteiger partial charge in [0.25, 0.3) is 0 Å². The van der Waals surface area contributed by atoms with Crippen molar-refractivity contribution >= 4 is 23.3 Å². The van der Waals surface area contributed by atoms with Gasteiger partial charge < -0.3 is 5.11 Å². The Morgan fingerprint density at radius 2 is 1.60 bits per heavy atom. The fourth-order valence-corrected chi connectivity index (χ4v) is 4.75. The molecule has 1 N–H and O–H groups in total. The zero-order valence-corrected chi connectivity index (χ0v) is 20.6. The third-order valence-electron chi connectivity index (χ3n) is 6.87. The number of nitrogens with zero attached hydrogens (tertiary/aromatic N) is 3. The SMILES string of the molecule is C=C(c1ccccc1)c1ccc(-n2cc(C(=O)O)c(N(C(=O)C3CCC(C)CC3)C(C)C)n2)cc1. The number of carbonyl (C=O) groups excluding carboxylic acids is 1. The number of benzene rings is 2. The second-order valence-corrected chi connectivity index (χ2v) is 9.77. The van der Waals surface area contributed by atoms with Crippen molar-refractivity contribution in [2.75, 3.05) is 4.90 Å². The maximum absolute atomic E-state index is 13.5. The molecule has 0 bridgehead atoms. The third kappa shape index (κ3) is 5.21. The second-order valence-electron chi connectivity index (χ2n) is 9.77. The summed E-state index contributed by atoms with van der Waals surface area (Å²) >= 11 is 0. The number of carbonyl (C=O) groups is 2. The molecule has 1 aliphatic rings. The predicted molar refractivity (Wildman–Crippen MR) is 139 cm³/mol. The Kier molecular flexibility index (Phi) is 7.20. The van der Waals surface area contributed by atoms with Gasteiger partial charge in [-0.2, -0.15) is 0 Å². The van der Waals surface area contributed by atoms with Crippen molar-refractivity contribution in [3.05, 3.63) is 84.1 Å². The number of amides is 1.